The summed E-state index contributed by atoms with van der Waals surface area (Å²) in [6.45, 7) is 8.35. The van der Waals surface area contributed by atoms with Gasteiger partial charge in [0.25, 0.3) is 5.91 Å². The van der Waals surface area contributed by atoms with Crippen LogP contribution in [0.2, 0.25) is 5.02 Å². The quantitative estimate of drug-likeness (QED) is 0.878. The van der Waals surface area contributed by atoms with Gasteiger partial charge in [0.15, 0.2) is 0 Å². The van der Waals surface area contributed by atoms with E-state index in [0.717, 1.165) is 0 Å². The van der Waals surface area contributed by atoms with Crippen molar-refractivity contribution in [3.05, 3.63) is 21.3 Å². The second-order valence-electron chi connectivity index (χ2n) is 6.12. The predicted octanol–water partition coefficient (Wildman–Crippen LogP) is 2.89. The summed E-state index contributed by atoms with van der Waals surface area (Å²) in [6.07, 6.45) is 0. The van der Waals surface area contributed by atoms with E-state index in [4.69, 9.17) is 17.3 Å². The van der Waals surface area contributed by atoms with Gasteiger partial charge in [0.1, 0.15) is 4.88 Å². The highest BCUT2D eigenvalue weighted by Crippen LogP contribution is 2.52. The first-order valence-electron chi connectivity index (χ1n) is 5.98. The van der Waals surface area contributed by atoms with Crippen LogP contribution in [0.3, 0.4) is 0 Å². The molecule has 1 aromatic heterocycles. The van der Waals surface area contributed by atoms with Crippen molar-refractivity contribution >= 4 is 28.8 Å². The van der Waals surface area contributed by atoms with Gasteiger partial charge in [-0.1, -0.05) is 39.3 Å². The number of halogens is 1. The topological polar surface area (TPSA) is 55.1 Å². The third-order valence-corrected chi connectivity index (χ3v) is 5.53. The van der Waals surface area contributed by atoms with Crippen molar-refractivity contribution in [1.29, 1.82) is 0 Å². The first-order valence-corrected chi connectivity index (χ1v) is 7.24. The lowest BCUT2D eigenvalue weighted by Gasteiger charge is -2.62. The van der Waals surface area contributed by atoms with E-state index < -0.39 is 0 Å². The monoisotopic (exact) mass is 286 g/mol. The van der Waals surface area contributed by atoms with E-state index in [-0.39, 0.29) is 28.8 Å². The lowest BCUT2D eigenvalue weighted by Crippen LogP contribution is -2.76. The molecule has 0 bridgehead atoms. The highest BCUT2D eigenvalue weighted by atomic mass is 35.5. The maximum atomic E-state index is 12.2. The molecule has 0 unspecified atom stereocenters. The van der Waals surface area contributed by atoms with E-state index in [1.54, 1.807) is 6.07 Å². The first-order chi connectivity index (χ1) is 8.19. The molecule has 1 aromatic rings. The molecule has 5 heteroatoms. The van der Waals surface area contributed by atoms with Gasteiger partial charge in [-0.05, 0) is 11.4 Å². The van der Waals surface area contributed by atoms with Crippen molar-refractivity contribution in [2.75, 3.05) is 0 Å². The molecule has 1 aliphatic rings. The molecule has 0 spiro atoms. The number of rotatable bonds is 2. The van der Waals surface area contributed by atoms with Crippen LogP contribution in [0.25, 0.3) is 0 Å². The Labute approximate surface area is 117 Å². The lowest BCUT2D eigenvalue weighted by molar-refractivity contribution is -0.0663. The molecule has 1 fully saturated rings. The molecule has 3 N–H and O–H groups in total. The number of amides is 1. The summed E-state index contributed by atoms with van der Waals surface area (Å²) in [5.41, 5.74) is 5.99. The van der Waals surface area contributed by atoms with E-state index in [2.05, 4.69) is 33.0 Å². The summed E-state index contributed by atoms with van der Waals surface area (Å²) in [6, 6.07) is 1.88. The highest BCUT2D eigenvalue weighted by Gasteiger charge is 2.60. The average molecular weight is 287 g/mol. The van der Waals surface area contributed by atoms with Crippen LogP contribution >= 0.6 is 22.9 Å². The first kappa shape index (κ1) is 13.8. The summed E-state index contributed by atoms with van der Waals surface area (Å²) >= 11 is 7.34. The van der Waals surface area contributed by atoms with Gasteiger partial charge in [-0.25, -0.2) is 0 Å². The van der Waals surface area contributed by atoms with Crippen molar-refractivity contribution in [2.24, 2.45) is 16.6 Å². The van der Waals surface area contributed by atoms with Crippen molar-refractivity contribution in [3.63, 3.8) is 0 Å². The molecule has 1 heterocycles. The fraction of sp³-hybridized carbons (Fsp3) is 0.615. The Balaban J connectivity index is 2.16. The van der Waals surface area contributed by atoms with Gasteiger partial charge in [0, 0.05) is 22.9 Å². The standard InChI is InChI=1S/C13H19ClN2OS/c1-12(2)10(15)13(3,4)11(12)16-9(17)8-7(14)5-6-18-8/h5-6,10-11H,15H2,1-4H3,(H,16,17). The van der Waals surface area contributed by atoms with Gasteiger partial charge in [-0.2, -0.15) is 0 Å². The number of hydrogen-bond acceptors (Lipinski definition) is 3. The number of nitrogens with two attached hydrogens (primary N) is 1. The molecular weight excluding hydrogens is 268 g/mol. The predicted molar refractivity (Wildman–Crippen MR) is 76.1 cm³/mol. The Hall–Kier alpha value is -0.580. The van der Waals surface area contributed by atoms with Crippen LogP contribution in [0.15, 0.2) is 11.4 Å². The zero-order chi connectivity index (χ0) is 13.7. The van der Waals surface area contributed by atoms with Crippen LogP contribution in [0.4, 0.5) is 0 Å². The smallest absolute Gasteiger partial charge is 0.263 e. The maximum absolute atomic E-state index is 12.2. The Morgan fingerprint density at radius 2 is 1.94 bits per heavy atom. The van der Waals surface area contributed by atoms with Crippen LogP contribution in [-0.2, 0) is 0 Å². The summed E-state index contributed by atoms with van der Waals surface area (Å²) < 4.78 is 0. The minimum Gasteiger partial charge on any atom is -0.347 e. The molecule has 0 aromatic carbocycles. The molecule has 100 valence electrons. The average Bonchev–Trinajstić information content (AvgIpc) is 2.70. The third kappa shape index (κ3) is 1.87. The Kier molecular flexibility index (Phi) is 3.24. The van der Waals surface area contributed by atoms with Gasteiger partial charge in [-0.3, -0.25) is 4.79 Å². The van der Waals surface area contributed by atoms with Crippen LogP contribution in [0, 0.1) is 10.8 Å². The van der Waals surface area contributed by atoms with E-state index in [0.29, 0.717) is 9.90 Å². The normalized spacial score (nSPS) is 28.6. The Morgan fingerprint density at radius 1 is 1.39 bits per heavy atom. The van der Waals surface area contributed by atoms with E-state index >= 15 is 0 Å². The molecule has 0 aliphatic heterocycles. The van der Waals surface area contributed by atoms with Crippen LogP contribution < -0.4 is 11.1 Å². The summed E-state index contributed by atoms with van der Waals surface area (Å²) in [5, 5.41) is 5.41. The molecule has 0 saturated heterocycles. The fourth-order valence-electron chi connectivity index (χ4n) is 3.20. The molecule has 1 amide bonds. The van der Waals surface area contributed by atoms with Crippen LogP contribution in [0.5, 0.6) is 0 Å². The summed E-state index contributed by atoms with van der Waals surface area (Å²) in [5.74, 6) is -0.104. The Morgan fingerprint density at radius 3 is 2.39 bits per heavy atom. The van der Waals surface area contributed by atoms with Crippen molar-refractivity contribution in [3.8, 4) is 0 Å². The van der Waals surface area contributed by atoms with E-state index in [1.807, 2.05) is 5.38 Å². The second kappa shape index (κ2) is 4.22. The van der Waals surface area contributed by atoms with E-state index in [1.165, 1.54) is 11.3 Å². The molecule has 18 heavy (non-hydrogen) atoms. The van der Waals surface area contributed by atoms with Gasteiger partial charge in [-0.15, -0.1) is 11.3 Å². The number of carbonyl (C=O) groups excluding carboxylic acids is 1. The number of carbonyl (C=O) groups is 1. The molecule has 0 atom stereocenters. The number of hydrogen-bond donors (Lipinski definition) is 2. The molecule has 2 rings (SSSR count). The highest BCUT2D eigenvalue weighted by molar-refractivity contribution is 7.12. The second-order valence-corrected chi connectivity index (χ2v) is 7.45. The summed E-state index contributed by atoms with van der Waals surface area (Å²) in [7, 11) is 0. The van der Waals surface area contributed by atoms with Gasteiger partial charge < -0.3 is 11.1 Å². The molecule has 1 saturated carbocycles. The SMILES string of the molecule is CC1(C)C(N)C(C)(C)C1NC(=O)c1sccc1Cl. The minimum atomic E-state index is -0.104. The zero-order valence-corrected chi connectivity index (χ0v) is 12.7. The van der Waals surface area contributed by atoms with E-state index in [9.17, 15) is 4.79 Å². The molecule has 1 aliphatic carbocycles. The largest absolute Gasteiger partial charge is 0.347 e. The number of nitrogens with one attached hydrogen (secondary N) is 1. The Bertz CT molecular complexity index is 465. The van der Waals surface area contributed by atoms with Gasteiger partial charge in [0.05, 0.1) is 5.02 Å². The van der Waals surface area contributed by atoms with Crippen molar-refractivity contribution in [2.45, 2.75) is 39.8 Å². The molecule has 3 nitrogen and oxygen atoms in total. The number of thiophene rings is 1. The van der Waals surface area contributed by atoms with Gasteiger partial charge in [0.2, 0.25) is 0 Å². The van der Waals surface area contributed by atoms with Crippen LogP contribution in [-0.4, -0.2) is 18.0 Å². The van der Waals surface area contributed by atoms with Crippen molar-refractivity contribution in [1.82, 2.24) is 5.32 Å². The van der Waals surface area contributed by atoms with Crippen molar-refractivity contribution < 1.29 is 4.79 Å². The van der Waals surface area contributed by atoms with Crippen LogP contribution in [0.1, 0.15) is 37.4 Å². The fourth-order valence-corrected chi connectivity index (χ4v) is 4.25. The lowest BCUT2D eigenvalue weighted by atomic mass is 9.48. The molecular formula is C13H19ClN2OS. The minimum absolute atomic E-state index is 0.0608. The van der Waals surface area contributed by atoms with Gasteiger partial charge >= 0.3 is 0 Å². The zero-order valence-electron chi connectivity index (χ0n) is 11.1. The summed E-state index contributed by atoms with van der Waals surface area (Å²) in [4.78, 5) is 12.8. The third-order valence-electron chi connectivity index (χ3n) is 4.19. The maximum Gasteiger partial charge on any atom is 0.263 e. The molecule has 0 radical (unpaired) electrons.